The van der Waals surface area contributed by atoms with Crippen molar-refractivity contribution in [2.45, 2.75) is 64.4 Å². The minimum Gasteiger partial charge on any atom is -0.328 e. The number of fused-ring (bicyclic) bond motifs is 2. The minimum atomic E-state index is -1.14. The predicted molar refractivity (Wildman–Crippen MR) is 201 cm³/mol. The topological polar surface area (TPSA) is 36.9 Å². The molecule has 2 aliphatic heterocycles. The van der Waals surface area contributed by atoms with Crippen molar-refractivity contribution in [2.75, 3.05) is 0 Å². The summed E-state index contributed by atoms with van der Waals surface area (Å²) in [4.78, 5) is 0. The molecule has 2 aliphatic rings. The van der Waals surface area contributed by atoms with Gasteiger partial charge in [-0.3, -0.25) is 0 Å². The molecule has 2 fully saturated rings. The van der Waals surface area contributed by atoms with Gasteiger partial charge in [-0.05, 0) is 106 Å². The molecule has 0 spiro atoms. The van der Waals surface area contributed by atoms with Crippen LogP contribution < -0.4 is 0 Å². The summed E-state index contributed by atoms with van der Waals surface area (Å²) in [7, 11) is -2.29. The average molecular weight is 671 g/mol. The van der Waals surface area contributed by atoms with Gasteiger partial charge in [0.15, 0.2) is 16.8 Å². The zero-order valence-electron chi connectivity index (χ0n) is 27.8. The van der Waals surface area contributed by atoms with Crippen LogP contribution >= 0.6 is 16.8 Å². The molecule has 4 unspecified atom stereocenters. The maximum Gasteiger partial charge on any atom is 0.175 e. The highest BCUT2D eigenvalue weighted by atomic mass is 31.2. The Morgan fingerprint density at radius 1 is 0.438 bits per heavy atom. The van der Waals surface area contributed by atoms with E-state index in [1.165, 1.54) is 66.1 Å². The third-order valence-electron chi connectivity index (χ3n) is 9.77. The SMILES string of the molecule is CC1OP(Cc2c(-c3ccccc3)cc3ccccc3c2-c2c(CP3OC(C)C(C)O3)c(-c3ccccc3)cc3ccccc23)OC1C. The summed E-state index contributed by atoms with van der Waals surface area (Å²) in [5.74, 6) is 0. The molecule has 0 amide bonds. The Kier molecular flexibility index (Phi) is 8.91. The summed E-state index contributed by atoms with van der Waals surface area (Å²) in [5, 5.41) is 4.86. The molecule has 6 heteroatoms. The lowest BCUT2D eigenvalue weighted by Crippen LogP contribution is -2.13. The molecule has 242 valence electrons. The molecule has 0 saturated carbocycles. The van der Waals surface area contributed by atoms with E-state index in [0.717, 1.165) is 0 Å². The molecule has 6 aromatic rings. The van der Waals surface area contributed by atoms with Gasteiger partial charge in [-0.15, -0.1) is 0 Å². The molecule has 4 nitrogen and oxygen atoms in total. The van der Waals surface area contributed by atoms with Gasteiger partial charge in [0.2, 0.25) is 0 Å². The van der Waals surface area contributed by atoms with Crippen molar-refractivity contribution in [2.24, 2.45) is 0 Å². The van der Waals surface area contributed by atoms with Crippen LogP contribution in [0.4, 0.5) is 0 Å². The first-order valence-corrected chi connectivity index (χ1v) is 19.6. The van der Waals surface area contributed by atoms with Crippen molar-refractivity contribution < 1.29 is 18.1 Å². The molecule has 2 heterocycles. The summed E-state index contributed by atoms with van der Waals surface area (Å²) in [6.07, 6.45) is 1.60. The Balaban J connectivity index is 1.49. The molecular formula is C42H40O4P2. The molecule has 48 heavy (non-hydrogen) atoms. The van der Waals surface area contributed by atoms with E-state index in [1.807, 2.05) is 0 Å². The number of benzene rings is 6. The Morgan fingerprint density at radius 2 is 0.771 bits per heavy atom. The maximum atomic E-state index is 6.52. The van der Waals surface area contributed by atoms with Crippen molar-refractivity contribution >= 4 is 38.3 Å². The monoisotopic (exact) mass is 670 g/mol. The van der Waals surface area contributed by atoms with Crippen molar-refractivity contribution in [3.8, 4) is 33.4 Å². The van der Waals surface area contributed by atoms with Gasteiger partial charge < -0.3 is 18.1 Å². The van der Waals surface area contributed by atoms with E-state index in [4.69, 9.17) is 18.1 Å². The summed E-state index contributed by atoms with van der Waals surface area (Å²) in [6, 6.07) is 43.9. The predicted octanol–water partition coefficient (Wildman–Crippen LogP) is 12.3. The fourth-order valence-corrected chi connectivity index (χ4v) is 10.7. The van der Waals surface area contributed by atoms with E-state index in [2.05, 4.69) is 149 Å². The second-order valence-electron chi connectivity index (χ2n) is 13.0. The van der Waals surface area contributed by atoms with E-state index >= 15 is 0 Å². The van der Waals surface area contributed by atoms with Crippen LogP contribution in [0.1, 0.15) is 38.8 Å². The summed E-state index contributed by atoms with van der Waals surface area (Å²) in [6.45, 7) is 8.47. The van der Waals surface area contributed by atoms with Gasteiger partial charge >= 0.3 is 0 Å². The van der Waals surface area contributed by atoms with E-state index in [9.17, 15) is 0 Å². The van der Waals surface area contributed by atoms with E-state index in [-0.39, 0.29) is 24.4 Å². The molecule has 8 rings (SSSR count). The van der Waals surface area contributed by atoms with Crippen molar-refractivity contribution in [3.63, 3.8) is 0 Å². The Bertz CT molecular complexity index is 1910. The molecule has 0 bridgehead atoms. The first kappa shape index (κ1) is 31.8. The van der Waals surface area contributed by atoms with Gasteiger partial charge in [-0.25, -0.2) is 0 Å². The van der Waals surface area contributed by atoms with Crippen molar-refractivity contribution in [1.82, 2.24) is 0 Å². The van der Waals surface area contributed by atoms with Crippen molar-refractivity contribution in [1.29, 1.82) is 0 Å². The van der Waals surface area contributed by atoms with Crippen LogP contribution in [0.5, 0.6) is 0 Å². The number of hydrogen-bond acceptors (Lipinski definition) is 4. The smallest absolute Gasteiger partial charge is 0.175 e. The zero-order chi connectivity index (χ0) is 32.8. The van der Waals surface area contributed by atoms with Gasteiger partial charge in [0.05, 0.1) is 24.4 Å². The normalized spacial score (nSPS) is 24.1. The van der Waals surface area contributed by atoms with Gasteiger partial charge in [0.1, 0.15) is 0 Å². The largest absolute Gasteiger partial charge is 0.328 e. The third-order valence-corrected chi connectivity index (χ3v) is 13.2. The van der Waals surface area contributed by atoms with Gasteiger partial charge in [0.25, 0.3) is 0 Å². The number of rotatable bonds is 7. The molecule has 2 saturated heterocycles. The highest BCUT2D eigenvalue weighted by Gasteiger charge is 2.35. The van der Waals surface area contributed by atoms with E-state index in [1.54, 1.807) is 0 Å². The first-order valence-electron chi connectivity index (χ1n) is 16.9. The maximum absolute atomic E-state index is 6.52. The highest BCUT2D eigenvalue weighted by molar-refractivity contribution is 7.47. The second-order valence-corrected chi connectivity index (χ2v) is 15.8. The Morgan fingerprint density at radius 3 is 1.15 bits per heavy atom. The van der Waals surface area contributed by atoms with E-state index in [0.29, 0.717) is 12.3 Å². The van der Waals surface area contributed by atoms with Crippen LogP contribution in [0.2, 0.25) is 0 Å². The van der Waals surface area contributed by atoms with Gasteiger partial charge in [-0.2, -0.15) is 0 Å². The minimum absolute atomic E-state index is 0.0569. The van der Waals surface area contributed by atoms with Crippen LogP contribution in [-0.2, 0) is 30.4 Å². The molecule has 0 radical (unpaired) electrons. The van der Waals surface area contributed by atoms with E-state index < -0.39 is 16.8 Å². The average Bonchev–Trinajstić information content (AvgIpc) is 3.61. The molecule has 0 N–H and O–H groups in total. The van der Waals surface area contributed by atoms with Crippen LogP contribution in [0.3, 0.4) is 0 Å². The first-order chi connectivity index (χ1) is 23.4. The second kappa shape index (κ2) is 13.4. The summed E-state index contributed by atoms with van der Waals surface area (Å²) >= 11 is 0. The molecule has 0 aliphatic carbocycles. The molecule has 6 aromatic carbocycles. The van der Waals surface area contributed by atoms with Crippen molar-refractivity contribution in [3.05, 3.63) is 132 Å². The zero-order valence-corrected chi connectivity index (χ0v) is 29.6. The summed E-state index contributed by atoms with van der Waals surface area (Å²) < 4.78 is 26.1. The Labute approximate surface area is 285 Å². The molecule has 0 aromatic heterocycles. The van der Waals surface area contributed by atoms with Crippen LogP contribution in [0, 0.1) is 0 Å². The summed E-state index contributed by atoms with van der Waals surface area (Å²) in [5.41, 5.74) is 9.81. The molecule has 4 atom stereocenters. The van der Waals surface area contributed by atoms with Crippen LogP contribution in [0.25, 0.3) is 54.9 Å². The quantitative estimate of drug-likeness (QED) is 0.158. The fourth-order valence-electron chi connectivity index (χ4n) is 6.97. The fraction of sp³-hybridized carbons (Fsp3) is 0.238. The lowest BCUT2D eigenvalue weighted by atomic mass is 9.82. The molecular weight excluding hydrogens is 630 g/mol. The van der Waals surface area contributed by atoms with Crippen LogP contribution in [0.15, 0.2) is 121 Å². The lowest BCUT2D eigenvalue weighted by molar-refractivity contribution is 0.187. The third kappa shape index (κ3) is 6.01. The Hall–Kier alpha value is -3.46. The number of hydrogen-bond donors (Lipinski definition) is 0. The van der Waals surface area contributed by atoms with Gasteiger partial charge in [0, 0.05) is 12.3 Å². The lowest BCUT2D eigenvalue weighted by Gasteiger charge is -2.26. The van der Waals surface area contributed by atoms with Crippen LogP contribution in [-0.4, -0.2) is 24.4 Å². The van der Waals surface area contributed by atoms with Gasteiger partial charge in [-0.1, -0.05) is 109 Å². The highest BCUT2D eigenvalue weighted by Crippen LogP contribution is 2.58. The standard InChI is InChI=1S/C42H40O4P2/c1-27-28(2)44-47(43-27)25-39-37(31-15-7-5-8-16-31)23-33-19-11-13-21-35(33)41(39)42-36-22-14-12-20-34(36)24-38(32-17-9-6-10-18-32)40(42)26-48-45-29(3)30(4)46-48/h5-24,27-30H,25-26H2,1-4H3.